The van der Waals surface area contributed by atoms with Crippen molar-refractivity contribution in [2.75, 3.05) is 0 Å². The van der Waals surface area contributed by atoms with Crippen LogP contribution in [0.25, 0.3) is 0 Å². The number of carbonyl (C=O) groups is 2. The van der Waals surface area contributed by atoms with Crippen LogP contribution in [0.3, 0.4) is 0 Å². The van der Waals surface area contributed by atoms with Crippen molar-refractivity contribution in [3.8, 4) is 0 Å². The largest absolute Gasteiger partial charge is 0.303 e. The van der Waals surface area contributed by atoms with Gasteiger partial charge in [0.15, 0.2) is 5.78 Å². The third-order valence-corrected chi connectivity index (χ3v) is 2.50. The third-order valence-electron chi connectivity index (χ3n) is 2.50. The Labute approximate surface area is 113 Å². The third kappa shape index (κ3) is 4.95. The highest BCUT2D eigenvalue weighted by Gasteiger charge is 2.18. The number of allylic oxidation sites excluding steroid dienone is 2. The summed E-state index contributed by atoms with van der Waals surface area (Å²) in [5.74, 6) is -0.233. The Morgan fingerprint density at radius 2 is 1.63 bits per heavy atom. The van der Waals surface area contributed by atoms with E-state index in [0.29, 0.717) is 11.3 Å². The average Bonchev–Trinajstić information content (AvgIpc) is 2.35. The van der Waals surface area contributed by atoms with Gasteiger partial charge in [0.1, 0.15) is 0 Å². The minimum Gasteiger partial charge on any atom is -0.303 e. The SMILES string of the molecule is C/C(=C\C(=O)C(C)(C)C)NNC(=O)c1ccccc1. The molecule has 0 fully saturated rings. The van der Waals surface area contributed by atoms with Gasteiger partial charge in [-0.25, -0.2) is 0 Å². The molecule has 1 amide bonds. The van der Waals surface area contributed by atoms with Crippen LogP contribution in [0, 0.1) is 5.41 Å². The molecule has 2 N–H and O–H groups in total. The molecule has 0 heterocycles. The van der Waals surface area contributed by atoms with Gasteiger partial charge >= 0.3 is 0 Å². The summed E-state index contributed by atoms with van der Waals surface area (Å²) in [4.78, 5) is 23.5. The van der Waals surface area contributed by atoms with Crippen LogP contribution in [-0.2, 0) is 4.79 Å². The van der Waals surface area contributed by atoms with E-state index in [1.54, 1.807) is 31.2 Å². The molecule has 0 atom stereocenters. The number of amides is 1. The van der Waals surface area contributed by atoms with Crippen LogP contribution in [0.15, 0.2) is 42.1 Å². The summed E-state index contributed by atoms with van der Waals surface area (Å²) < 4.78 is 0. The number of rotatable bonds is 4. The first-order valence-electron chi connectivity index (χ1n) is 6.15. The first-order chi connectivity index (χ1) is 8.80. The van der Waals surface area contributed by atoms with Gasteiger partial charge in [-0.2, -0.15) is 0 Å². The Bertz CT molecular complexity index is 485. The van der Waals surface area contributed by atoms with E-state index in [0.717, 1.165) is 0 Å². The van der Waals surface area contributed by atoms with E-state index in [1.807, 2.05) is 26.8 Å². The Hall–Kier alpha value is -2.10. The van der Waals surface area contributed by atoms with E-state index in [9.17, 15) is 9.59 Å². The summed E-state index contributed by atoms with van der Waals surface area (Å²) in [7, 11) is 0. The second-order valence-electron chi connectivity index (χ2n) is 5.39. The number of hydrogen-bond donors (Lipinski definition) is 2. The van der Waals surface area contributed by atoms with Crippen molar-refractivity contribution >= 4 is 11.7 Å². The minimum atomic E-state index is -0.424. The highest BCUT2D eigenvalue weighted by molar-refractivity contribution is 5.95. The number of benzene rings is 1. The van der Waals surface area contributed by atoms with E-state index in [1.165, 1.54) is 6.08 Å². The van der Waals surface area contributed by atoms with Crippen LogP contribution < -0.4 is 10.9 Å². The van der Waals surface area contributed by atoms with Crippen molar-refractivity contribution in [2.45, 2.75) is 27.7 Å². The Morgan fingerprint density at radius 1 is 1.05 bits per heavy atom. The van der Waals surface area contributed by atoms with Gasteiger partial charge in [0.05, 0.1) is 0 Å². The highest BCUT2D eigenvalue weighted by atomic mass is 16.2. The lowest BCUT2D eigenvalue weighted by molar-refractivity contribution is -0.121. The van der Waals surface area contributed by atoms with Gasteiger partial charge in [-0.3, -0.25) is 15.0 Å². The lowest BCUT2D eigenvalue weighted by Crippen LogP contribution is -2.36. The highest BCUT2D eigenvalue weighted by Crippen LogP contribution is 2.15. The predicted octanol–water partition coefficient (Wildman–Crippen LogP) is 2.44. The quantitative estimate of drug-likeness (QED) is 0.645. The molecule has 0 radical (unpaired) electrons. The molecule has 0 unspecified atom stereocenters. The maximum absolute atomic E-state index is 11.8. The molecule has 0 saturated heterocycles. The zero-order valence-corrected chi connectivity index (χ0v) is 11.8. The van der Waals surface area contributed by atoms with Gasteiger partial charge in [0, 0.05) is 22.8 Å². The number of hydrogen-bond acceptors (Lipinski definition) is 3. The number of nitrogens with one attached hydrogen (secondary N) is 2. The zero-order chi connectivity index (χ0) is 14.5. The van der Waals surface area contributed by atoms with Crippen LogP contribution in [0.2, 0.25) is 0 Å². The molecule has 19 heavy (non-hydrogen) atoms. The number of carbonyl (C=O) groups excluding carboxylic acids is 2. The Balaban J connectivity index is 2.56. The minimum absolute atomic E-state index is 0.00598. The maximum atomic E-state index is 11.8. The summed E-state index contributed by atoms with van der Waals surface area (Å²) in [6.45, 7) is 7.28. The fraction of sp³-hybridized carbons (Fsp3) is 0.333. The molecule has 1 rings (SSSR count). The Kier molecular flexibility index (Phi) is 4.87. The monoisotopic (exact) mass is 260 g/mol. The van der Waals surface area contributed by atoms with Gasteiger partial charge in [-0.15, -0.1) is 0 Å². The molecule has 0 spiro atoms. The molecule has 0 saturated carbocycles. The van der Waals surface area contributed by atoms with Crippen molar-refractivity contribution in [3.05, 3.63) is 47.7 Å². The maximum Gasteiger partial charge on any atom is 0.269 e. The molecule has 4 nitrogen and oxygen atoms in total. The topological polar surface area (TPSA) is 58.2 Å². The molecule has 0 aliphatic carbocycles. The van der Waals surface area contributed by atoms with Crippen LogP contribution in [0.4, 0.5) is 0 Å². The molecular formula is C15H20N2O2. The van der Waals surface area contributed by atoms with Gasteiger partial charge in [0.2, 0.25) is 0 Å². The summed E-state index contributed by atoms with van der Waals surface area (Å²) in [6.07, 6.45) is 1.49. The molecule has 0 aliphatic heterocycles. The van der Waals surface area contributed by atoms with Gasteiger partial charge < -0.3 is 5.43 Å². The fourth-order valence-electron chi connectivity index (χ4n) is 1.27. The number of hydrazine groups is 1. The van der Waals surface area contributed by atoms with Crippen molar-refractivity contribution in [3.63, 3.8) is 0 Å². The second kappa shape index (κ2) is 6.18. The van der Waals surface area contributed by atoms with Gasteiger partial charge in [-0.1, -0.05) is 39.0 Å². The molecule has 1 aromatic carbocycles. The van der Waals surface area contributed by atoms with Crippen LogP contribution in [0.5, 0.6) is 0 Å². The predicted molar refractivity (Wildman–Crippen MR) is 75.3 cm³/mol. The fourth-order valence-corrected chi connectivity index (χ4v) is 1.27. The first kappa shape index (κ1) is 15.0. The lowest BCUT2D eigenvalue weighted by Gasteiger charge is -2.15. The molecule has 0 bridgehead atoms. The van der Waals surface area contributed by atoms with E-state index in [4.69, 9.17) is 0 Å². The summed E-state index contributed by atoms with van der Waals surface area (Å²) in [5.41, 5.74) is 6.01. The molecule has 0 aromatic heterocycles. The molecule has 0 aliphatic rings. The smallest absolute Gasteiger partial charge is 0.269 e. The summed E-state index contributed by atoms with van der Waals surface area (Å²) in [6, 6.07) is 8.87. The van der Waals surface area contributed by atoms with Crippen molar-refractivity contribution in [2.24, 2.45) is 5.41 Å². The summed E-state index contributed by atoms with van der Waals surface area (Å²) >= 11 is 0. The van der Waals surface area contributed by atoms with Crippen LogP contribution >= 0.6 is 0 Å². The molecular weight excluding hydrogens is 240 g/mol. The van der Waals surface area contributed by atoms with Crippen LogP contribution in [-0.4, -0.2) is 11.7 Å². The van der Waals surface area contributed by atoms with Crippen molar-refractivity contribution in [1.29, 1.82) is 0 Å². The first-order valence-corrected chi connectivity index (χ1v) is 6.15. The molecule has 102 valence electrons. The van der Waals surface area contributed by atoms with Gasteiger partial charge in [-0.05, 0) is 19.1 Å². The normalized spacial score (nSPS) is 11.9. The zero-order valence-electron chi connectivity index (χ0n) is 11.8. The number of ketones is 1. The van der Waals surface area contributed by atoms with E-state index < -0.39 is 5.41 Å². The van der Waals surface area contributed by atoms with Crippen LogP contribution in [0.1, 0.15) is 38.1 Å². The van der Waals surface area contributed by atoms with E-state index >= 15 is 0 Å². The average molecular weight is 260 g/mol. The molecule has 4 heteroatoms. The van der Waals surface area contributed by atoms with E-state index in [-0.39, 0.29) is 11.7 Å². The van der Waals surface area contributed by atoms with E-state index in [2.05, 4.69) is 10.9 Å². The lowest BCUT2D eigenvalue weighted by atomic mass is 9.90. The van der Waals surface area contributed by atoms with Crippen molar-refractivity contribution < 1.29 is 9.59 Å². The Morgan fingerprint density at radius 3 is 2.16 bits per heavy atom. The second-order valence-corrected chi connectivity index (χ2v) is 5.39. The molecule has 1 aromatic rings. The standard InChI is InChI=1S/C15H20N2O2/c1-11(10-13(18)15(2,3)4)16-17-14(19)12-8-6-5-7-9-12/h5-10,16H,1-4H3,(H,17,19)/b11-10+. The van der Waals surface area contributed by atoms with Gasteiger partial charge in [0.25, 0.3) is 5.91 Å². The summed E-state index contributed by atoms with van der Waals surface area (Å²) in [5, 5.41) is 0. The van der Waals surface area contributed by atoms with Crippen molar-refractivity contribution in [1.82, 2.24) is 10.9 Å².